The quantitative estimate of drug-likeness (QED) is 0.805. The number of hydrogen-bond donors (Lipinski definition) is 0. The Morgan fingerprint density at radius 3 is 3.04 bits per heavy atom. The van der Waals surface area contributed by atoms with Crippen LogP contribution in [0.4, 0.5) is 0 Å². The molecule has 0 aliphatic carbocycles. The van der Waals surface area contributed by atoms with E-state index in [-0.39, 0.29) is 6.10 Å². The molecule has 6 heteroatoms. The molecule has 25 heavy (non-hydrogen) atoms. The molecule has 6 nitrogen and oxygen atoms in total. The molecule has 2 aromatic heterocycles. The minimum Gasteiger partial charge on any atom is -0.372 e. The van der Waals surface area contributed by atoms with Crippen LogP contribution in [0.3, 0.4) is 0 Å². The molecule has 2 saturated heterocycles. The number of aromatic nitrogens is 3. The summed E-state index contributed by atoms with van der Waals surface area (Å²) in [5.74, 6) is 0. The van der Waals surface area contributed by atoms with E-state index in [1.54, 1.807) is 6.20 Å². The van der Waals surface area contributed by atoms with Gasteiger partial charge in [-0.25, -0.2) is 0 Å². The van der Waals surface area contributed by atoms with E-state index in [0.29, 0.717) is 25.4 Å². The predicted octanol–water partition coefficient (Wildman–Crippen LogP) is 2.15. The zero-order chi connectivity index (χ0) is 17.1. The molecule has 0 N–H and O–H groups in total. The largest absolute Gasteiger partial charge is 0.372 e. The minimum atomic E-state index is 0.211. The van der Waals surface area contributed by atoms with E-state index in [1.807, 2.05) is 36.1 Å². The molecule has 0 unspecified atom stereocenters. The molecule has 2 aliphatic heterocycles. The van der Waals surface area contributed by atoms with Crippen molar-refractivity contribution >= 4 is 0 Å². The third-order valence-electron chi connectivity index (χ3n) is 5.17. The van der Waals surface area contributed by atoms with Crippen molar-refractivity contribution in [1.82, 2.24) is 19.7 Å². The maximum atomic E-state index is 6.31. The van der Waals surface area contributed by atoms with Crippen LogP contribution in [0, 0.1) is 0 Å². The smallest absolute Gasteiger partial charge is 0.0889 e. The van der Waals surface area contributed by atoms with Gasteiger partial charge in [0.05, 0.1) is 37.3 Å². The van der Waals surface area contributed by atoms with Gasteiger partial charge in [-0.2, -0.15) is 5.10 Å². The molecule has 3 atom stereocenters. The molecule has 0 radical (unpaired) electrons. The molecule has 0 saturated carbocycles. The van der Waals surface area contributed by atoms with E-state index in [9.17, 15) is 0 Å². The number of hydrogen-bond acceptors (Lipinski definition) is 5. The fourth-order valence-corrected chi connectivity index (χ4v) is 3.97. The number of likely N-dealkylation sites (tertiary alicyclic amines) is 1. The van der Waals surface area contributed by atoms with Crippen LogP contribution in [-0.4, -0.2) is 51.1 Å². The average Bonchev–Trinajstić information content (AvgIpc) is 3.22. The number of pyridine rings is 1. The topological polar surface area (TPSA) is 52.4 Å². The lowest BCUT2D eigenvalue weighted by Gasteiger charge is -2.35. The first-order valence-electron chi connectivity index (χ1n) is 9.12. The first kappa shape index (κ1) is 16.7. The van der Waals surface area contributed by atoms with Crippen molar-refractivity contribution in [3.8, 4) is 0 Å². The number of nitrogens with zero attached hydrogens (tertiary/aromatic N) is 4. The summed E-state index contributed by atoms with van der Waals surface area (Å²) in [6, 6.07) is 6.44. The van der Waals surface area contributed by atoms with Gasteiger partial charge in [0.1, 0.15) is 0 Å². The number of aryl methyl sites for hydroxylation is 1. The Morgan fingerprint density at radius 2 is 2.24 bits per heavy atom. The summed E-state index contributed by atoms with van der Waals surface area (Å²) < 4.78 is 14.0. The molecule has 4 rings (SSSR count). The van der Waals surface area contributed by atoms with E-state index in [2.05, 4.69) is 21.2 Å². The van der Waals surface area contributed by atoms with Crippen molar-refractivity contribution in [2.75, 3.05) is 13.2 Å². The van der Waals surface area contributed by atoms with Crippen LogP contribution in [0.1, 0.15) is 30.5 Å². The Kier molecular flexibility index (Phi) is 5.10. The zero-order valence-corrected chi connectivity index (χ0v) is 14.8. The van der Waals surface area contributed by atoms with Gasteiger partial charge in [0.2, 0.25) is 0 Å². The summed E-state index contributed by atoms with van der Waals surface area (Å²) in [6.45, 7) is 3.29. The average molecular weight is 342 g/mol. The molecule has 0 aromatic carbocycles. The lowest BCUT2D eigenvalue weighted by molar-refractivity contribution is -0.102. The van der Waals surface area contributed by atoms with Crippen molar-refractivity contribution in [2.45, 2.75) is 50.7 Å². The Bertz CT molecular complexity index is 675. The van der Waals surface area contributed by atoms with Gasteiger partial charge in [0.25, 0.3) is 0 Å². The van der Waals surface area contributed by atoms with Gasteiger partial charge in [-0.15, -0.1) is 0 Å². The van der Waals surface area contributed by atoms with Crippen LogP contribution < -0.4 is 0 Å². The standard InChI is InChI=1S/C19H26N4O2/c1-22-11-15(10-21-22)12-23-9-7-19-18(23)6-5-17(25-19)14-24-13-16-4-2-3-8-20-16/h2-4,8,10-11,17-19H,5-7,9,12-14H2,1H3/t17-,18-,19-/m0/s1. The number of rotatable bonds is 6. The Labute approximate surface area is 148 Å². The van der Waals surface area contributed by atoms with Gasteiger partial charge in [0, 0.05) is 44.1 Å². The van der Waals surface area contributed by atoms with E-state index < -0.39 is 0 Å². The molecular weight excluding hydrogens is 316 g/mol. The molecule has 2 fully saturated rings. The molecular formula is C19H26N4O2. The van der Waals surface area contributed by atoms with Gasteiger partial charge < -0.3 is 9.47 Å². The predicted molar refractivity (Wildman–Crippen MR) is 93.8 cm³/mol. The Hall–Kier alpha value is -1.76. The maximum Gasteiger partial charge on any atom is 0.0889 e. The summed E-state index contributed by atoms with van der Waals surface area (Å²) in [6.07, 6.45) is 9.78. The van der Waals surface area contributed by atoms with Crippen LogP contribution in [0.5, 0.6) is 0 Å². The van der Waals surface area contributed by atoms with Gasteiger partial charge in [-0.3, -0.25) is 14.6 Å². The van der Waals surface area contributed by atoms with Crippen molar-refractivity contribution in [3.63, 3.8) is 0 Å². The molecule has 0 bridgehead atoms. The van der Waals surface area contributed by atoms with Crippen LogP contribution in [0.15, 0.2) is 36.8 Å². The van der Waals surface area contributed by atoms with E-state index >= 15 is 0 Å². The fraction of sp³-hybridized carbons (Fsp3) is 0.579. The molecule has 2 aliphatic rings. The minimum absolute atomic E-state index is 0.211. The third kappa shape index (κ3) is 4.08. The van der Waals surface area contributed by atoms with Crippen molar-refractivity contribution < 1.29 is 9.47 Å². The summed E-state index contributed by atoms with van der Waals surface area (Å²) in [5, 5.41) is 4.27. The second-order valence-electron chi connectivity index (χ2n) is 7.06. The lowest BCUT2D eigenvalue weighted by Crippen LogP contribution is -2.43. The normalized spacial score (nSPS) is 26.7. The monoisotopic (exact) mass is 342 g/mol. The number of fused-ring (bicyclic) bond motifs is 1. The Morgan fingerprint density at radius 1 is 1.28 bits per heavy atom. The van der Waals surface area contributed by atoms with Crippen LogP contribution >= 0.6 is 0 Å². The molecule has 4 heterocycles. The summed E-state index contributed by atoms with van der Waals surface area (Å²) in [7, 11) is 1.97. The van der Waals surface area contributed by atoms with E-state index in [4.69, 9.17) is 9.47 Å². The van der Waals surface area contributed by atoms with Crippen LogP contribution in [0.2, 0.25) is 0 Å². The third-order valence-corrected chi connectivity index (χ3v) is 5.17. The maximum absolute atomic E-state index is 6.31. The van der Waals surface area contributed by atoms with Crippen molar-refractivity contribution in [2.24, 2.45) is 7.05 Å². The highest BCUT2D eigenvalue weighted by atomic mass is 16.5. The highest BCUT2D eigenvalue weighted by molar-refractivity contribution is 5.06. The number of ether oxygens (including phenoxy) is 2. The van der Waals surface area contributed by atoms with Gasteiger partial charge >= 0.3 is 0 Å². The molecule has 134 valence electrons. The first-order valence-corrected chi connectivity index (χ1v) is 9.12. The first-order chi connectivity index (χ1) is 12.3. The van der Waals surface area contributed by atoms with Crippen molar-refractivity contribution in [1.29, 1.82) is 0 Å². The zero-order valence-electron chi connectivity index (χ0n) is 14.8. The highest BCUT2D eigenvalue weighted by Crippen LogP contribution is 2.32. The van der Waals surface area contributed by atoms with Gasteiger partial charge in [-0.05, 0) is 31.4 Å². The van der Waals surface area contributed by atoms with E-state index in [0.717, 1.165) is 31.6 Å². The summed E-state index contributed by atoms with van der Waals surface area (Å²) in [5.41, 5.74) is 2.25. The van der Waals surface area contributed by atoms with Crippen LogP contribution in [0.25, 0.3) is 0 Å². The second kappa shape index (κ2) is 7.64. The lowest BCUT2D eigenvalue weighted by atomic mass is 9.99. The summed E-state index contributed by atoms with van der Waals surface area (Å²) >= 11 is 0. The highest BCUT2D eigenvalue weighted by Gasteiger charge is 2.39. The SMILES string of the molecule is Cn1cc(CN2CC[C@@H]3O[C@H](COCc4ccccn4)CC[C@@H]32)cn1. The second-order valence-corrected chi connectivity index (χ2v) is 7.06. The van der Waals surface area contributed by atoms with E-state index in [1.165, 1.54) is 12.0 Å². The molecule has 2 aromatic rings. The fourth-order valence-electron chi connectivity index (χ4n) is 3.97. The van der Waals surface area contributed by atoms with Gasteiger partial charge in [-0.1, -0.05) is 6.07 Å². The van der Waals surface area contributed by atoms with Crippen LogP contribution in [-0.2, 0) is 29.7 Å². The summed E-state index contributed by atoms with van der Waals surface area (Å²) in [4.78, 5) is 6.84. The molecule has 0 amide bonds. The Balaban J connectivity index is 1.24. The molecule has 0 spiro atoms. The van der Waals surface area contributed by atoms with Crippen molar-refractivity contribution in [3.05, 3.63) is 48.0 Å². The van der Waals surface area contributed by atoms with Gasteiger partial charge in [0.15, 0.2) is 0 Å².